The summed E-state index contributed by atoms with van der Waals surface area (Å²) in [6, 6.07) is 1.90. The standard InChI is InChI=1S/C20H24N6O2/c1-11-12(2)25-28-19(11)15-10-22-13(3)23-16(15)7-8-21-20(27)18-9-17(14-5-6-14)24-26(18)4/h9-10,14H,5-8H2,1-4H3,(H,21,27). The number of hydrogen-bond acceptors (Lipinski definition) is 6. The van der Waals surface area contributed by atoms with Gasteiger partial charge in [0.1, 0.15) is 11.5 Å². The molecule has 0 spiro atoms. The molecule has 1 fully saturated rings. The van der Waals surface area contributed by atoms with E-state index in [-0.39, 0.29) is 5.91 Å². The van der Waals surface area contributed by atoms with Crippen molar-refractivity contribution >= 4 is 5.91 Å². The van der Waals surface area contributed by atoms with E-state index in [0.29, 0.717) is 36.2 Å². The summed E-state index contributed by atoms with van der Waals surface area (Å²) in [4.78, 5) is 21.4. The van der Waals surface area contributed by atoms with Gasteiger partial charge in [0.25, 0.3) is 5.91 Å². The second kappa shape index (κ2) is 7.18. The van der Waals surface area contributed by atoms with Gasteiger partial charge in [-0.15, -0.1) is 0 Å². The van der Waals surface area contributed by atoms with Crippen molar-refractivity contribution in [2.75, 3.05) is 6.54 Å². The van der Waals surface area contributed by atoms with Crippen LogP contribution in [-0.4, -0.2) is 37.4 Å². The minimum absolute atomic E-state index is 0.124. The summed E-state index contributed by atoms with van der Waals surface area (Å²) in [6.07, 6.45) is 4.65. The van der Waals surface area contributed by atoms with E-state index in [0.717, 1.165) is 41.1 Å². The summed E-state index contributed by atoms with van der Waals surface area (Å²) in [6.45, 7) is 6.17. The van der Waals surface area contributed by atoms with Gasteiger partial charge >= 0.3 is 0 Å². The van der Waals surface area contributed by atoms with Gasteiger partial charge < -0.3 is 9.84 Å². The van der Waals surface area contributed by atoms with Crippen LogP contribution in [0.2, 0.25) is 0 Å². The zero-order chi connectivity index (χ0) is 19.8. The quantitative estimate of drug-likeness (QED) is 0.706. The van der Waals surface area contributed by atoms with E-state index in [4.69, 9.17) is 4.52 Å². The Morgan fingerprint density at radius 3 is 2.79 bits per heavy atom. The molecule has 0 aliphatic heterocycles. The molecule has 1 saturated carbocycles. The van der Waals surface area contributed by atoms with Gasteiger partial charge in [-0.3, -0.25) is 9.48 Å². The molecule has 0 radical (unpaired) electrons. The van der Waals surface area contributed by atoms with Crippen molar-refractivity contribution in [3.05, 3.63) is 46.4 Å². The third-order valence-corrected chi connectivity index (χ3v) is 5.16. The topological polar surface area (TPSA) is 98.7 Å². The summed E-state index contributed by atoms with van der Waals surface area (Å²) in [5.41, 5.74) is 5.06. The number of aromatic nitrogens is 5. The second-order valence-corrected chi connectivity index (χ2v) is 7.36. The molecule has 28 heavy (non-hydrogen) atoms. The first kappa shape index (κ1) is 18.3. The Bertz CT molecular complexity index is 1030. The van der Waals surface area contributed by atoms with Crippen molar-refractivity contribution in [1.29, 1.82) is 0 Å². The van der Waals surface area contributed by atoms with Gasteiger partial charge in [0.15, 0.2) is 5.76 Å². The van der Waals surface area contributed by atoms with Crippen LogP contribution in [0.3, 0.4) is 0 Å². The number of rotatable bonds is 6. The monoisotopic (exact) mass is 380 g/mol. The second-order valence-electron chi connectivity index (χ2n) is 7.36. The first-order valence-electron chi connectivity index (χ1n) is 9.52. The van der Waals surface area contributed by atoms with Crippen LogP contribution in [0.25, 0.3) is 11.3 Å². The van der Waals surface area contributed by atoms with Crippen molar-refractivity contribution in [1.82, 2.24) is 30.2 Å². The molecule has 3 aromatic rings. The molecule has 0 atom stereocenters. The van der Waals surface area contributed by atoms with Gasteiger partial charge in [-0.2, -0.15) is 5.10 Å². The summed E-state index contributed by atoms with van der Waals surface area (Å²) >= 11 is 0. The first-order chi connectivity index (χ1) is 13.4. The largest absolute Gasteiger partial charge is 0.356 e. The van der Waals surface area contributed by atoms with E-state index in [2.05, 4.69) is 25.5 Å². The Balaban J connectivity index is 1.47. The molecule has 0 aromatic carbocycles. The maximum Gasteiger partial charge on any atom is 0.269 e. The molecule has 0 saturated heterocycles. The fourth-order valence-electron chi connectivity index (χ4n) is 3.23. The minimum atomic E-state index is -0.124. The molecule has 3 aromatic heterocycles. The van der Waals surface area contributed by atoms with Gasteiger partial charge in [-0.25, -0.2) is 9.97 Å². The van der Waals surface area contributed by atoms with Gasteiger partial charge in [-0.1, -0.05) is 5.16 Å². The number of aryl methyl sites for hydroxylation is 3. The van der Waals surface area contributed by atoms with Gasteiger partial charge in [0, 0.05) is 37.7 Å². The fraction of sp³-hybridized carbons (Fsp3) is 0.450. The van der Waals surface area contributed by atoms with Crippen molar-refractivity contribution in [3.8, 4) is 11.3 Å². The smallest absolute Gasteiger partial charge is 0.269 e. The van der Waals surface area contributed by atoms with E-state index < -0.39 is 0 Å². The molecule has 1 amide bonds. The fourth-order valence-corrected chi connectivity index (χ4v) is 3.23. The number of amides is 1. The molecular formula is C20H24N6O2. The lowest BCUT2D eigenvalue weighted by atomic mass is 10.1. The zero-order valence-corrected chi connectivity index (χ0v) is 16.6. The molecule has 1 aliphatic rings. The molecule has 0 bridgehead atoms. The molecule has 1 aliphatic carbocycles. The van der Waals surface area contributed by atoms with Gasteiger partial charge in [-0.05, 0) is 39.7 Å². The highest BCUT2D eigenvalue weighted by Gasteiger charge is 2.28. The van der Waals surface area contributed by atoms with Crippen molar-refractivity contribution in [2.24, 2.45) is 7.05 Å². The molecule has 3 heterocycles. The lowest BCUT2D eigenvalue weighted by Gasteiger charge is -2.09. The third kappa shape index (κ3) is 3.54. The van der Waals surface area contributed by atoms with Crippen molar-refractivity contribution < 1.29 is 9.32 Å². The van der Waals surface area contributed by atoms with Crippen LogP contribution in [0.5, 0.6) is 0 Å². The Kier molecular flexibility index (Phi) is 4.70. The Labute approximate surface area is 163 Å². The molecule has 0 unspecified atom stereocenters. The summed E-state index contributed by atoms with van der Waals surface area (Å²) < 4.78 is 7.13. The molecule has 1 N–H and O–H groups in total. The Morgan fingerprint density at radius 2 is 2.11 bits per heavy atom. The highest BCUT2D eigenvalue weighted by molar-refractivity contribution is 5.92. The number of nitrogens with one attached hydrogen (secondary N) is 1. The third-order valence-electron chi connectivity index (χ3n) is 5.16. The van der Waals surface area contributed by atoms with E-state index in [1.165, 1.54) is 0 Å². The number of carbonyl (C=O) groups excluding carboxylic acids is 1. The summed E-state index contributed by atoms with van der Waals surface area (Å²) in [7, 11) is 1.81. The maximum atomic E-state index is 12.6. The van der Waals surface area contributed by atoms with Crippen LogP contribution in [-0.2, 0) is 13.5 Å². The Morgan fingerprint density at radius 1 is 1.32 bits per heavy atom. The SMILES string of the molecule is Cc1ncc(-c2onc(C)c2C)c(CCNC(=O)c2cc(C3CC3)nn2C)n1. The van der Waals surface area contributed by atoms with Crippen LogP contribution >= 0.6 is 0 Å². The van der Waals surface area contributed by atoms with E-state index in [9.17, 15) is 4.79 Å². The van der Waals surface area contributed by atoms with Gasteiger partial charge in [0.05, 0.1) is 22.6 Å². The van der Waals surface area contributed by atoms with Crippen LogP contribution in [0.15, 0.2) is 16.8 Å². The zero-order valence-electron chi connectivity index (χ0n) is 16.6. The van der Waals surface area contributed by atoms with Crippen LogP contribution < -0.4 is 5.32 Å². The maximum absolute atomic E-state index is 12.6. The van der Waals surface area contributed by atoms with E-state index in [1.807, 2.05) is 33.9 Å². The predicted molar refractivity (Wildman–Crippen MR) is 103 cm³/mol. The summed E-state index contributed by atoms with van der Waals surface area (Å²) in [5.74, 6) is 1.76. The minimum Gasteiger partial charge on any atom is -0.356 e. The van der Waals surface area contributed by atoms with E-state index in [1.54, 1.807) is 10.9 Å². The lowest BCUT2D eigenvalue weighted by Crippen LogP contribution is -2.28. The molecule has 8 heteroatoms. The molecule has 4 rings (SSSR count). The Hall–Kier alpha value is -3.03. The molecule has 146 valence electrons. The average Bonchev–Trinajstić information content (AvgIpc) is 3.37. The lowest BCUT2D eigenvalue weighted by molar-refractivity contribution is 0.0944. The van der Waals surface area contributed by atoms with Crippen LogP contribution in [0.1, 0.15) is 57.7 Å². The van der Waals surface area contributed by atoms with E-state index >= 15 is 0 Å². The average molecular weight is 380 g/mol. The highest BCUT2D eigenvalue weighted by atomic mass is 16.5. The number of carbonyl (C=O) groups is 1. The number of nitrogens with zero attached hydrogens (tertiary/aromatic N) is 5. The van der Waals surface area contributed by atoms with Crippen LogP contribution in [0, 0.1) is 20.8 Å². The van der Waals surface area contributed by atoms with Crippen molar-refractivity contribution in [3.63, 3.8) is 0 Å². The first-order valence-corrected chi connectivity index (χ1v) is 9.52. The summed E-state index contributed by atoms with van der Waals surface area (Å²) in [5, 5.41) is 11.5. The predicted octanol–water partition coefficient (Wildman–Crippen LogP) is 2.64. The van der Waals surface area contributed by atoms with Gasteiger partial charge in [0.2, 0.25) is 0 Å². The molecule has 8 nitrogen and oxygen atoms in total. The van der Waals surface area contributed by atoms with Crippen LogP contribution in [0.4, 0.5) is 0 Å². The normalized spacial score (nSPS) is 13.7. The van der Waals surface area contributed by atoms with Crippen molar-refractivity contribution in [2.45, 2.75) is 46.0 Å². The highest BCUT2D eigenvalue weighted by Crippen LogP contribution is 2.39. The number of hydrogen-bond donors (Lipinski definition) is 1. The molecular weight excluding hydrogens is 356 g/mol.